The van der Waals surface area contributed by atoms with Crippen LogP contribution >= 0.6 is 12.2 Å². The van der Waals surface area contributed by atoms with E-state index in [-0.39, 0.29) is 0 Å². The molecule has 1 N–H and O–H groups in total. The van der Waals surface area contributed by atoms with Gasteiger partial charge >= 0.3 is 0 Å². The molecule has 0 unspecified atom stereocenters. The van der Waals surface area contributed by atoms with Crippen LogP contribution in [-0.2, 0) is 13.0 Å². The van der Waals surface area contributed by atoms with Crippen LogP contribution in [0.25, 0.3) is 11.3 Å². The van der Waals surface area contributed by atoms with Gasteiger partial charge in [0.1, 0.15) is 5.69 Å². The van der Waals surface area contributed by atoms with Gasteiger partial charge in [0.05, 0.1) is 12.8 Å². The van der Waals surface area contributed by atoms with Gasteiger partial charge in [-0.15, -0.1) is 0 Å². The lowest BCUT2D eigenvalue weighted by Crippen LogP contribution is -2.00. The van der Waals surface area contributed by atoms with Gasteiger partial charge in [0, 0.05) is 23.7 Å². The molecule has 7 heteroatoms. The second-order valence-corrected chi connectivity index (χ2v) is 7.23. The van der Waals surface area contributed by atoms with Gasteiger partial charge in [-0.3, -0.25) is 9.78 Å². The smallest absolute Gasteiger partial charge is 0.216 e. The van der Waals surface area contributed by atoms with Crippen molar-refractivity contribution in [3.8, 4) is 11.3 Å². The third kappa shape index (κ3) is 4.25. The van der Waals surface area contributed by atoms with Gasteiger partial charge < -0.3 is 0 Å². The van der Waals surface area contributed by atoms with Crippen molar-refractivity contribution >= 4 is 18.4 Å². The molecule has 2 heterocycles. The zero-order valence-electron chi connectivity index (χ0n) is 16.4. The van der Waals surface area contributed by atoms with Crippen molar-refractivity contribution in [3.63, 3.8) is 0 Å². The fraction of sp³-hybridized carbons (Fsp3) is 0.182. The molecule has 0 aliphatic carbocycles. The number of aromatic amines is 1. The predicted octanol–water partition coefficient (Wildman–Crippen LogP) is 4.61. The molecule has 2 aromatic heterocycles. The Bertz CT molecular complexity index is 1200. The van der Waals surface area contributed by atoms with Crippen molar-refractivity contribution in [2.75, 3.05) is 0 Å². The van der Waals surface area contributed by atoms with Gasteiger partial charge in [0.25, 0.3) is 0 Å². The van der Waals surface area contributed by atoms with Gasteiger partial charge in [0.15, 0.2) is 5.82 Å². The standard InChI is InChI=1S/C22H22N6S/c1-3-20-24-25-22(29)28(20)23-13-19-15-27(14-17-9-5-4-6-10-17)26-21(19)18-11-7-8-16(2)12-18/h4-13,15H,3,14H2,1-2H3,(H,25,29)/b23-13-. The lowest BCUT2D eigenvalue weighted by Gasteiger charge is -2.02. The molecule has 0 saturated heterocycles. The molecule has 29 heavy (non-hydrogen) atoms. The summed E-state index contributed by atoms with van der Waals surface area (Å²) in [6.07, 6.45) is 4.56. The van der Waals surface area contributed by atoms with Crippen LogP contribution in [0.2, 0.25) is 0 Å². The third-order valence-electron chi connectivity index (χ3n) is 4.61. The number of H-pyrrole nitrogens is 1. The van der Waals surface area contributed by atoms with Crippen molar-refractivity contribution in [2.45, 2.75) is 26.8 Å². The SMILES string of the molecule is CCc1n[nH]c(=S)n1/N=C\c1cn(Cc2ccccc2)nc1-c1cccc(C)c1. The van der Waals surface area contributed by atoms with Crippen molar-refractivity contribution in [2.24, 2.45) is 5.10 Å². The zero-order valence-corrected chi connectivity index (χ0v) is 17.2. The highest BCUT2D eigenvalue weighted by Crippen LogP contribution is 2.22. The van der Waals surface area contributed by atoms with Crippen LogP contribution in [0.3, 0.4) is 0 Å². The highest BCUT2D eigenvalue weighted by Gasteiger charge is 2.11. The Morgan fingerprint density at radius 3 is 2.72 bits per heavy atom. The van der Waals surface area contributed by atoms with E-state index < -0.39 is 0 Å². The first-order valence-electron chi connectivity index (χ1n) is 9.53. The number of nitrogens with zero attached hydrogens (tertiary/aromatic N) is 5. The number of hydrogen-bond donors (Lipinski definition) is 1. The van der Waals surface area contributed by atoms with Crippen LogP contribution in [0.1, 0.15) is 29.4 Å². The number of aryl methyl sites for hydroxylation is 2. The molecule has 4 rings (SSSR count). The molecule has 2 aromatic carbocycles. The number of hydrogen-bond acceptors (Lipinski definition) is 4. The largest absolute Gasteiger partial charge is 0.267 e. The van der Waals surface area contributed by atoms with E-state index in [1.54, 1.807) is 10.9 Å². The van der Waals surface area contributed by atoms with E-state index in [2.05, 4.69) is 52.6 Å². The monoisotopic (exact) mass is 402 g/mol. The molecule has 146 valence electrons. The normalized spacial score (nSPS) is 11.4. The zero-order chi connectivity index (χ0) is 20.2. The Kier molecular flexibility index (Phi) is 5.48. The minimum absolute atomic E-state index is 0.479. The number of benzene rings is 2. The van der Waals surface area contributed by atoms with Gasteiger partial charge in [-0.05, 0) is 30.8 Å². The summed E-state index contributed by atoms with van der Waals surface area (Å²) in [6, 6.07) is 18.6. The average molecular weight is 403 g/mol. The molecular formula is C22H22N6S. The molecule has 0 aliphatic rings. The minimum atomic E-state index is 0.479. The molecule has 0 bridgehead atoms. The van der Waals surface area contributed by atoms with Gasteiger partial charge in [-0.25, -0.2) is 0 Å². The van der Waals surface area contributed by atoms with Crippen LogP contribution < -0.4 is 0 Å². The van der Waals surface area contributed by atoms with Crippen LogP contribution in [0, 0.1) is 11.7 Å². The number of nitrogens with one attached hydrogen (secondary N) is 1. The molecule has 0 radical (unpaired) electrons. The van der Waals surface area contributed by atoms with E-state index in [9.17, 15) is 0 Å². The highest BCUT2D eigenvalue weighted by molar-refractivity contribution is 7.71. The summed E-state index contributed by atoms with van der Waals surface area (Å²) in [5.74, 6) is 0.792. The summed E-state index contributed by atoms with van der Waals surface area (Å²) in [6.45, 7) is 4.79. The highest BCUT2D eigenvalue weighted by atomic mass is 32.1. The quantitative estimate of drug-likeness (QED) is 0.378. The van der Waals surface area contributed by atoms with Crippen molar-refractivity contribution < 1.29 is 0 Å². The van der Waals surface area contributed by atoms with Gasteiger partial charge in [0.2, 0.25) is 4.77 Å². The van der Waals surface area contributed by atoms with Gasteiger partial charge in [-0.2, -0.15) is 20.0 Å². The summed E-state index contributed by atoms with van der Waals surface area (Å²) in [5, 5.41) is 16.4. The maximum atomic E-state index is 5.30. The Hall–Kier alpha value is -3.32. The van der Waals surface area contributed by atoms with E-state index in [1.807, 2.05) is 42.1 Å². The Balaban J connectivity index is 1.75. The Morgan fingerprint density at radius 1 is 1.14 bits per heavy atom. The van der Waals surface area contributed by atoms with E-state index in [0.717, 1.165) is 29.1 Å². The Labute approximate surface area is 174 Å². The average Bonchev–Trinajstić information content (AvgIpc) is 3.30. The van der Waals surface area contributed by atoms with Crippen molar-refractivity contribution in [3.05, 3.63) is 88.1 Å². The second-order valence-electron chi connectivity index (χ2n) is 6.84. The van der Waals surface area contributed by atoms with Crippen LogP contribution in [0.15, 0.2) is 65.9 Å². The second kappa shape index (κ2) is 8.36. The van der Waals surface area contributed by atoms with E-state index in [1.165, 1.54) is 11.1 Å². The maximum Gasteiger partial charge on any atom is 0.216 e. The lowest BCUT2D eigenvalue weighted by atomic mass is 10.1. The first kappa shape index (κ1) is 19.0. The fourth-order valence-corrected chi connectivity index (χ4v) is 3.39. The first-order chi connectivity index (χ1) is 14.1. The third-order valence-corrected chi connectivity index (χ3v) is 4.88. The molecule has 0 amide bonds. The Morgan fingerprint density at radius 2 is 1.97 bits per heavy atom. The molecule has 0 aliphatic heterocycles. The molecule has 0 atom stereocenters. The van der Waals surface area contributed by atoms with Crippen molar-refractivity contribution in [1.29, 1.82) is 0 Å². The summed E-state index contributed by atoms with van der Waals surface area (Å²) in [7, 11) is 0. The molecule has 4 aromatic rings. The molecule has 6 nitrogen and oxygen atoms in total. The van der Waals surface area contributed by atoms with E-state index in [0.29, 0.717) is 11.3 Å². The summed E-state index contributed by atoms with van der Waals surface area (Å²) >= 11 is 5.30. The molecular weight excluding hydrogens is 380 g/mol. The summed E-state index contributed by atoms with van der Waals surface area (Å²) in [4.78, 5) is 0. The summed E-state index contributed by atoms with van der Waals surface area (Å²) < 4.78 is 4.08. The maximum absolute atomic E-state index is 5.30. The van der Waals surface area contributed by atoms with Crippen molar-refractivity contribution in [1.82, 2.24) is 24.7 Å². The van der Waals surface area contributed by atoms with E-state index >= 15 is 0 Å². The molecule has 0 saturated carbocycles. The van der Waals surface area contributed by atoms with Crippen LogP contribution in [0.4, 0.5) is 0 Å². The fourth-order valence-electron chi connectivity index (χ4n) is 3.19. The number of rotatable bonds is 6. The lowest BCUT2D eigenvalue weighted by molar-refractivity contribution is 0.689. The summed E-state index contributed by atoms with van der Waals surface area (Å²) in [5.41, 5.74) is 5.26. The van der Waals surface area contributed by atoms with Crippen LogP contribution in [0.5, 0.6) is 0 Å². The van der Waals surface area contributed by atoms with Crippen LogP contribution in [-0.4, -0.2) is 30.9 Å². The number of aromatic nitrogens is 5. The molecule has 0 spiro atoms. The minimum Gasteiger partial charge on any atom is -0.267 e. The van der Waals surface area contributed by atoms with Gasteiger partial charge in [-0.1, -0.05) is 61.0 Å². The topological polar surface area (TPSA) is 63.8 Å². The first-order valence-corrected chi connectivity index (χ1v) is 9.94. The predicted molar refractivity (Wildman–Crippen MR) is 118 cm³/mol. The van der Waals surface area contributed by atoms with E-state index in [4.69, 9.17) is 17.3 Å². The molecule has 0 fully saturated rings.